The Kier molecular flexibility index (Phi) is 3.13. The zero-order valence-electron chi connectivity index (χ0n) is 13.4. The standard InChI is InChI=1S/C17H21FN4O/c1-8-9(2)21-15-11(17(19)23)5-12(18)16(14(8)15)22-6-10-3-4-20-13(10)7-22/h5,10,13,20-21H,3-4,6-7H2,1-2H3,(H2,19,23). The number of amides is 1. The number of hydrogen-bond donors (Lipinski definition) is 3. The Morgan fingerprint density at radius 2 is 2.17 bits per heavy atom. The second kappa shape index (κ2) is 4.96. The van der Waals surface area contributed by atoms with Crippen LogP contribution in [-0.2, 0) is 0 Å². The van der Waals surface area contributed by atoms with Gasteiger partial charge >= 0.3 is 0 Å². The zero-order chi connectivity index (χ0) is 16.3. The molecular weight excluding hydrogens is 295 g/mol. The van der Waals surface area contributed by atoms with E-state index in [9.17, 15) is 9.18 Å². The summed E-state index contributed by atoms with van der Waals surface area (Å²) in [4.78, 5) is 17.0. The molecule has 5 nitrogen and oxygen atoms in total. The third-order valence-corrected chi connectivity index (χ3v) is 5.45. The van der Waals surface area contributed by atoms with Gasteiger partial charge in [-0.15, -0.1) is 0 Å². The molecular formula is C17H21FN4O. The van der Waals surface area contributed by atoms with Gasteiger partial charge in [0, 0.05) is 30.2 Å². The average molecular weight is 316 g/mol. The molecule has 122 valence electrons. The lowest BCUT2D eigenvalue weighted by molar-refractivity contribution is 0.100. The van der Waals surface area contributed by atoms with Gasteiger partial charge in [-0.2, -0.15) is 0 Å². The van der Waals surface area contributed by atoms with Crippen molar-refractivity contribution in [2.24, 2.45) is 11.7 Å². The third kappa shape index (κ3) is 2.05. The monoisotopic (exact) mass is 316 g/mol. The molecule has 2 aliphatic rings. The van der Waals surface area contributed by atoms with Gasteiger partial charge in [0.05, 0.1) is 16.8 Å². The molecule has 2 aliphatic heterocycles. The molecule has 2 atom stereocenters. The van der Waals surface area contributed by atoms with E-state index in [1.165, 1.54) is 6.07 Å². The number of benzene rings is 1. The van der Waals surface area contributed by atoms with E-state index in [0.29, 0.717) is 23.2 Å². The Balaban J connectivity index is 1.91. The van der Waals surface area contributed by atoms with Crippen molar-refractivity contribution in [3.63, 3.8) is 0 Å². The van der Waals surface area contributed by atoms with Gasteiger partial charge in [-0.25, -0.2) is 4.39 Å². The van der Waals surface area contributed by atoms with Gasteiger partial charge in [-0.05, 0) is 44.4 Å². The van der Waals surface area contributed by atoms with Crippen molar-refractivity contribution in [1.29, 1.82) is 0 Å². The molecule has 2 aromatic rings. The van der Waals surface area contributed by atoms with Crippen LogP contribution in [0.15, 0.2) is 6.07 Å². The Bertz CT molecular complexity index is 801. The fraction of sp³-hybridized carbons (Fsp3) is 0.471. The number of primary amides is 1. The molecule has 4 rings (SSSR count). The van der Waals surface area contributed by atoms with Crippen molar-refractivity contribution >= 4 is 22.5 Å². The first-order chi connectivity index (χ1) is 11.0. The molecule has 3 heterocycles. The summed E-state index contributed by atoms with van der Waals surface area (Å²) in [6.07, 6.45) is 1.14. The second-order valence-corrected chi connectivity index (χ2v) is 6.76. The fourth-order valence-corrected chi connectivity index (χ4v) is 4.14. The minimum absolute atomic E-state index is 0.218. The van der Waals surface area contributed by atoms with Crippen LogP contribution in [0.25, 0.3) is 10.9 Å². The molecule has 4 N–H and O–H groups in total. The van der Waals surface area contributed by atoms with E-state index in [-0.39, 0.29) is 11.4 Å². The van der Waals surface area contributed by atoms with Crippen LogP contribution in [0.3, 0.4) is 0 Å². The van der Waals surface area contributed by atoms with Crippen LogP contribution in [-0.4, -0.2) is 36.6 Å². The van der Waals surface area contributed by atoms with Crippen LogP contribution >= 0.6 is 0 Å². The maximum absolute atomic E-state index is 14.9. The largest absolute Gasteiger partial charge is 0.367 e. The van der Waals surface area contributed by atoms with E-state index in [4.69, 9.17) is 5.73 Å². The Morgan fingerprint density at radius 1 is 1.39 bits per heavy atom. The Labute approximate surface area is 134 Å². The van der Waals surface area contributed by atoms with Crippen molar-refractivity contribution in [3.8, 4) is 0 Å². The molecule has 0 spiro atoms. The summed E-state index contributed by atoms with van der Waals surface area (Å²) in [5.74, 6) is -0.407. The van der Waals surface area contributed by atoms with Crippen molar-refractivity contribution in [2.75, 3.05) is 24.5 Å². The van der Waals surface area contributed by atoms with E-state index >= 15 is 0 Å². The lowest BCUT2D eigenvalue weighted by Crippen LogP contribution is -2.30. The summed E-state index contributed by atoms with van der Waals surface area (Å²) >= 11 is 0. The van der Waals surface area contributed by atoms with Gasteiger partial charge in [0.15, 0.2) is 0 Å². The predicted octanol–water partition coefficient (Wildman–Crippen LogP) is 1.82. The van der Waals surface area contributed by atoms with Gasteiger partial charge < -0.3 is 20.9 Å². The minimum atomic E-state index is -0.610. The van der Waals surface area contributed by atoms with Crippen LogP contribution in [0.2, 0.25) is 0 Å². The van der Waals surface area contributed by atoms with E-state index in [1.807, 2.05) is 13.8 Å². The number of hydrogen-bond acceptors (Lipinski definition) is 3. The number of carbonyl (C=O) groups excluding carboxylic acids is 1. The lowest BCUT2D eigenvalue weighted by Gasteiger charge is -2.22. The molecule has 2 saturated heterocycles. The quantitative estimate of drug-likeness (QED) is 0.791. The molecule has 0 saturated carbocycles. The number of carbonyl (C=O) groups is 1. The summed E-state index contributed by atoms with van der Waals surface area (Å²) in [6.45, 7) is 6.59. The maximum atomic E-state index is 14.9. The summed E-state index contributed by atoms with van der Waals surface area (Å²) in [6, 6.07) is 1.71. The summed E-state index contributed by atoms with van der Waals surface area (Å²) in [7, 11) is 0. The number of fused-ring (bicyclic) bond motifs is 2. The highest BCUT2D eigenvalue weighted by molar-refractivity contribution is 6.10. The topological polar surface area (TPSA) is 74.2 Å². The first kappa shape index (κ1) is 14.5. The first-order valence-electron chi connectivity index (χ1n) is 8.07. The minimum Gasteiger partial charge on any atom is -0.367 e. The normalized spacial score (nSPS) is 23.7. The zero-order valence-corrected chi connectivity index (χ0v) is 13.4. The lowest BCUT2D eigenvalue weighted by atomic mass is 10.0. The number of aromatic nitrogens is 1. The molecule has 0 radical (unpaired) electrons. The van der Waals surface area contributed by atoms with E-state index in [0.717, 1.165) is 42.7 Å². The molecule has 1 aromatic heterocycles. The van der Waals surface area contributed by atoms with Crippen molar-refractivity contribution in [3.05, 3.63) is 28.7 Å². The second-order valence-electron chi connectivity index (χ2n) is 6.76. The van der Waals surface area contributed by atoms with Gasteiger partial charge in [-0.3, -0.25) is 4.79 Å². The Hall–Kier alpha value is -2.08. The molecule has 1 amide bonds. The van der Waals surface area contributed by atoms with Crippen molar-refractivity contribution in [1.82, 2.24) is 10.3 Å². The van der Waals surface area contributed by atoms with Crippen LogP contribution in [0, 0.1) is 25.6 Å². The maximum Gasteiger partial charge on any atom is 0.250 e. The molecule has 6 heteroatoms. The molecule has 1 aromatic carbocycles. The van der Waals surface area contributed by atoms with Crippen LogP contribution in [0.5, 0.6) is 0 Å². The van der Waals surface area contributed by atoms with E-state index < -0.39 is 5.91 Å². The molecule has 0 bridgehead atoms. The SMILES string of the molecule is Cc1[nH]c2c(C(N)=O)cc(F)c(N3CC4CCNC4C3)c2c1C. The van der Waals surface area contributed by atoms with Crippen LogP contribution < -0.4 is 16.0 Å². The highest BCUT2D eigenvalue weighted by Crippen LogP contribution is 2.39. The number of anilines is 1. The average Bonchev–Trinajstić information content (AvgIpc) is 3.14. The van der Waals surface area contributed by atoms with Gasteiger partial charge in [0.25, 0.3) is 5.91 Å². The van der Waals surface area contributed by atoms with Gasteiger partial charge in [0.2, 0.25) is 0 Å². The molecule has 0 aliphatic carbocycles. The molecule has 2 fully saturated rings. The van der Waals surface area contributed by atoms with Crippen molar-refractivity contribution in [2.45, 2.75) is 26.3 Å². The Morgan fingerprint density at radius 3 is 2.87 bits per heavy atom. The fourth-order valence-electron chi connectivity index (χ4n) is 4.14. The first-order valence-corrected chi connectivity index (χ1v) is 8.07. The van der Waals surface area contributed by atoms with Gasteiger partial charge in [0.1, 0.15) is 5.82 Å². The number of aromatic amines is 1. The number of nitrogens with zero attached hydrogens (tertiary/aromatic N) is 1. The number of nitrogens with two attached hydrogens (primary N) is 1. The summed E-state index contributed by atoms with van der Waals surface area (Å²) in [5, 5.41) is 4.28. The number of H-pyrrole nitrogens is 1. The van der Waals surface area contributed by atoms with Gasteiger partial charge in [-0.1, -0.05) is 0 Å². The summed E-state index contributed by atoms with van der Waals surface area (Å²) in [5.41, 5.74) is 8.81. The van der Waals surface area contributed by atoms with Crippen molar-refractivity contribution < 1.29 is 9.18 Å². The third-order valence-electron chi connectivity index (χ3n) is 5.45. The number of rotatable bonds is 2. The van der Waals surface area contributed by atoms with Crippen LogP contribution in [0.4, 0.5) is 10.1 Å². The number of aryl methyl sites for hydroxylation is 2. The van der Waals surface area contributed by atoms with Crippen LogP contribution in [0.1, 0.15) is 28.0 Å². The molecule has 23 heavy (non-hydrogen) atoms. The predicted molar refractivity (Wildman–Crippen MR) is 88.4 cm³/mol. The number of nitrogens with one attached hydrogen (secondary N) is 2. The number of halogens is 1. The van der Waals surface area contributed by atoms with E-state index in [1.54, 1.807) is 0 Å². The highest BCUT2D eigenvalue weighted by Gasteiger charge is 2.38. The smallest absolute Gasteiger partial charge is 0.250 e. The highest BCUT2D eigenvalue weighted by atomic mass is 19.1. The summed E-state index contributed by atoms with van der Waals surface area (Å²) < 4.78 is 14.9. The molecule has 2 unspecified atom stereocenters. The van der Waals surface area contributed by atoms with E-state index in [2.05, 4.69) is 15.2 Å².